The molecule has 0 aliphatic carbocycles. The van der Waals surface area contributed by atoms with Crippen molar-refractivity contribution in [2.24, 2.45) is 5.92 Å². The molecule has 0 amide bonds. The van der Waals surface area contributed by atoms with E-state index in [0.717, 1.165) is 12.8 Å². The highest BCUT2D eigenvalue weighted by atomic mass is 16.5. The van der Waals surface area contributed by atoms with Crippen LogP contribution in [0, 0.1) is 5.92 Å². The number of esters is 1. The molecule has 5 heteroatoms. The van der Waals surface area contributed by atoms with Gasteiger partial charge in [-0.3, -0.25) is 4.79 Å². The summed E-state index contributed by atoms with van der Waals surface area (Å²) in [5.41, 5.74) is 0. The van der Waals surface area contributed by atoms with Crippen molar-refractivity contribution >= 4 is 5.97 Å². The van der Waals surface area contributed by atoms with Crippen LogP contribution in [0.3, 0.4) is 0 Å². The van der Waals surface area contributed by atoms with Gasteiger partial charge in [-0.05, 0) is 19.8 Å². The van der Waals surface area contributed by atoms with Crippen molar-refractivity contribution in [1.29, 1.82) is 0 Å². The summed E-state index contributed by atoms with van der Waals surface area (Å²) in [5, 5.41) is 16.2. The van der Waals surface area contributed by atoms with Gasteiger partial charge in [0.05, 0.1) is 39.0 Å². The Bertz CT molecular complexity index is 153. The summed E-state index contributed by atoms with van der Waals surface area (Å²) in [6, 6.07) is 0. The van der Waals surface area contributed by atoms with E-state index in [4.69, 9.17) is 14.9 Å². The van der Waals surface area contributed by atoms with Crippen molar-refractivity contribution in [3.05, 3.63) is 0 Å². The van der Waals surface area contributed by atoms with Crippen LogP contribution in [0.5, 0.6) is 0 Å². The summed E-state index contributed by atoms with van der Waals surface area (Å²) in [5.74, 6) is 0.0625. The van der Waals surface area contributed by atoms with Crippen molar-refractivity contribution in [2.75, 3.05) is 33.0 Å². The number of rotatable bonds is 8. The first kappa shape index (κ1) is 18.7. The zero-order valence-corrected chi connectivity index (χ0v) is 11.1. The Hall–Kier alpha value is -0.650. The Morgan fingerprint density at radius 2 is 1.53 bits per heavy atom. The van der Waals surface area contributed by atoms with Crippen LogP contribution >= 0.6 is 0 Å². The molecule has 0 saturated heterocycles. The van der Waals surface area contributed by atoms with Crippen LogP contribution in [0.15, 0.2) is 0 Å². The fourth-order valence-electron chi connectivity index (χ4n) is 1.11. The molecule has 0 aromatic rings. The number of carbonyl (C=O) groups excluding carboxylic acids is 1. The fourth-order valence-corrected chi connectivity index (χ4v) is 1.11. The first-order chi connectivity index (χ1) is 8.17. The minimum atomic E-state index is -0.0486. The van der Waals surface area contributed by atoms with E-state index in [-0.39, 0.29) is 25.1 Å². The third-order valence-corrected chi connectivity index (χ3v) is 2.08. The first-order valence-corrected chi connectivity index (χ1v) is 6.13. The van der Waals surface area contributed by atoms with Gasteiger partial charge in [-0.15, -0.1) is 0 Å². The molecular formula is C12H26O5. The zero-order chi connectivity index (χ0) is 13.5. The molecular weight excluding hydrogens is 224 g/mol. The third kappa shape index (κ3) is 13.3. The molecule has 0 unspecified atom stereocenters. The van der Waals surface area contributed by atoms with Gasteiger partial charge in [-0.1, -0.05) is 13.8 Å². The topological polar surface area (TPSA) is 76.0 Å². The average molecular weight is 250 g/mol. The van der Waals surface area contributed by atoms with E-state index in [1.807, 2.05) is 20.8 Å². The van der Waals surface area contributed by atoms with Crippen LogP contribution in [-0.2, 0) is 14.3 Å². The molecule has 2 N–H and O–H groups in total. The molecule has 0 aromatic carbocycles. The Labute approximate surface area is 104 Å². The van der Waals surface area contributed by atoms with Gasteiger partial charge >= 0.3 is 5.97 Å². The number of aliphatic hydroxyl groups is 2. The van der Waals surface area contributed by atoms with Crippen molar-refractivity contribution in [2.45, 2.75) is 33.6 Å². The van der Waals surface area contributed by atoms with Gasteiger partial charge in [-0.25, -0.2) is 0 Å². The molecule has 0 radical (unpaired) electrons. The van der Waals surface area contributed by atoms with Gasteiger partial charge in [0.2, 0.25) is 0 Å². The minimum Gasteiger partial charge on any atom is -0.466 e. The molecule has 0 aromatic heterocycles. The van der Waals surface area contributed by atoms with Crippen LogP contribution in [0.4, 0.5) is 0 Å². The SMILES string of the molecule is CCOC(=O)C(CC)CC.OCCOCCO. The fraction of sp³-hybridized carbons (Fsp3) is 0.917. The molecule has 0 spiro atoms. The number of hydrogen-bond acceptors (Lipinski definition) is 5. The van der Waals surface area contributed by atoms with Crippen LogP contribution in [0.1, 0.15) is 33.6 Å². The maximum Gasteiger partial charge on any atom is 0.308 e. The van der Waals surface area contributed by atoms with Gasteiger partial charge in [-0.2, -0.15) is 0 Å². The smallest absolute Gasteiger partial charge is 0.308 e. The highest BCUT2D eigenvalue weighted by molar-refractivity contribution is 5.72. The molecule has 0 saturated carbocycles. The number of ether oxygens (including phenoxy) is 2. The number of hydrogen-bond donors (Lipinski definition) is 2. The summed E-state index contributed by atoms with van der Waals surface area (Å²) in [7, 11) is 0. The van der Waals surface area contributed by atoms with Crippen LogP contribution in [-0.4, -0.2) is 49.2 Å². The van der Waals surface area contributed by atoms with Crippen molar-refractivity contribution < 1.29 is 24.5 Å². The molecule has 0 aliphatic rings. The molecule has 0 heterocycles. The van der Waals surface area contributed by atoms with Crippen molar-refractivity contribution in [1.82, 2.24) is 0 Å². The zero-order valence-electron chi connectivity index (χ0n) is 11.1. The van der Waals surface area contributed by atoms with Gasteiger partial charge in [0.1, 0.15) is 0 Å². The van der Waals surface area contributed by atoms with E-state index in [0.29, 0.717) is 19.8 Å². The second-order valence-corrected chi connectivity index (χ2v) is 3.33. The van der Waals surface area contributed by atoms with E-state index in [1.54, 1.807) is 0 Å². The number of carbonyl (C=O) groups is 1. The Morgan fingerprint density at radius 1 is 1.06 bits per heavy atom. The lowest BCUT2D eigenvalue weighted by molar-refractivity contribution is -0.148. The molecule has 17 heavy (non-hydrogen) atoms. The quantitative estimate of drug-likeness (QED) is 0.496. The second-order valence-electron chi connectivity index (χ2n) is 3.33. The predicted octanol–water partition coefficient (Wildman–Crippen LogP) is 0.973. The monoisotopic (exact) mass is 250 g/mol. The van der Waals surface area contributed by atoms with Gasteiger partial charge in [0.25, 0.3) is 0 Å². The summed E-state index contributed by atoms with van der Waals surface area (Å²) in [6.07, 6.45) is 1.77. The summed E-state index contributed by atoms with van der Waals surface area (Å²) < 4.78 is 9.48. The second kappa shape index (κ2) is 15.4. The largest absolute Gasteiger partial charge is 0.466 e. The van der Waals surface area contributed by atoms with E-state index >= 15 is 0 Å². The van der Waals surface area contributed by atoms with Crippen LogP contribution in [0.25, 0.3) is 0 Å². The first-order valence-electron chi connectivity index (χ1n) is 6.13. The summed E-state index contributed by atoms with van der Waals surface area (Å²) in [4.78, 5) is 11.0. The van der Waals surface area contributed by atoms with E-state index in [9.17, 15) is 4.79 Å². The predicted molar refractivity (Wildman–Crippen MR) is 65.7 cm³/mol. The highest BCUT2D eigenvalue weighted by Crippen LogP contribution is 2.08. The van der Waals surface area contributed by atoms with Crippen LogP contribution in [0.2, 0.25) is 0 Å². The molecule has 0 bridgehead atoms. The lowest BCUT2D eigenvalue weighted by Gasteiger charge is -2.09. The lowest BCUT2D eigenvalue weighted by atomic mass is 10.0. The van der Waals surface area contributed by atoms with Gasteiger partial charge < -0.3 is 19.7 Å². The molecule has 5 nitrogen and oxygen atoms in total. The van der Waals surface area contributed by atoms with E-state index in [1.165, 1.54) is 0 Å². The third-order valence-electron chi connectivity index (χ3n) is 2.08. The van der Waals surface area contributed by atoms with Gasteiger partial charge in [0, 0.05) is 0 Å². The molecule has 0 rings (SSSR count). The molecule has 104 valence electrons. The molecule has 0 atom stereocenters. The summed E-state index contributed by atoms with van der Waals surface area (Å²) >= 11 is 0. The maximum absolute atomic E-state index is 11.0. The van der Waals surface area contributed by atoms with Crippen LogP contribution < -0.4 is 0 Å². The molecule has 0 fully saturated rings. The minimum absolute atomic E-state index is 0.0278. The standard InChI is InChI=1S/C8H16O2.C4H10O3/c1-4-7(5-2)8(9)10-6-3;5-1-3-7-4-2-6/h7H,4-6H2,1-3H3;5-6H,1-4H2. The number of aliphatic hydroxyl groups excluding tert-OH is 2. The van der Waals surface area contributed by atoms with Gasteiger partial charge in [0.15, 0.2) is 0 Å². The average Bonchev–Trinajstić information content (AvgIpc) is 2.32. The lowest BCUT2D eigenvalue weighted by Crippen LogP contribution is -2.15. The Kier molecular flexibility index (Phi) is 16.9. The molecule has 0 aliphatic heterocycles. The Morgan fingerprint density at radius 3 is 1.82 bits per heavy atom. The highest BCUT2D eigenvalue weighted by Gasteiger charge is 2.13. The van der Waals surface area contributed by atoms with E-state index in [2.05, 4.69) is 4.74 Å². The van der Waals surface area contributed by atoms with Crippen molar-refractivity contribution in [3.63, 3.8) is 0 Å². The van der Waals surface area contributed by atoms with E-state index < -0.39 is 0 Å². The maximum atomic E-state index is 11.0. The van der Waals surface area contributed by atoms with Crippen molar-refractivity contribution in [3.8, 4) is 0 Å². The Balaban J connectivity index is 0. The summed E-state index contributed by atoms with van der Waals surface area (Å²) in [6.45, 7) is 7.03. The normalized spacial score (nSPS) is 9.76.